The Morgan fingerprint density at radius 3 is 1.41 bits per heavy atom. The van der Waals surface area contributed by atoms with Crippen LogP contribution in [0.1, 0.15) is 220 Å². The zero-order chi connectivity index (χ0) is 54.5. The Morgan fingerprint density at radius 1 is 0.554 bits per heavy atom. The maximum atomic E-state index is 14.5. The molecule has 2 saturated carbocycles. The average molecular weight is 1070 g/mol. The zero-order valence-electron chi connectivity index (χ0n) is 45.7. The summed E-state index contributed by atoms with van der Waals surface area (Å²) in [5.74, 6) is -9.10. The molecule has 0 aromatic rings. The molecule has 4 rings (SSSR count). The van der Waals surface area contributed by atoms with Crippen LogP contribution in [0.25, 0.3) is 0 Å². The van der Waals surface area contributed by atoms with Crippen molar-refractivity contribution in [1.29, 1.82) is 0 Å². The number of hydrogen-bond donors (Lipinski definition) is 1. The van der Waals surface area contributed by atoms with Gasteiger partial charge in [-0.2, -0.15) is 8.78 Å². The number of ether oxygens (including phenoxy) is 8. The number of halogens is 4. The SMILES string of the molecule is CCCCC(F)(F)C(=O)CC[C@@H]1[C@@H](CCCCCCC(=O)OC)[C@@H](OC(C)=O)C[C@H]1OC1CCCCO1.CCCCC(F)(F)C(O)CC[C@@H]1[C@@H](CCCCCCC(=O)OC)[C@@H](OC(C)=O)C[C@H]1OC1CCCCO1. The highest BCUT2D eigenvalue weighted by Gasteiger charge is 2.49. The summed E-state index contributed by atoms with van der Waals surface area (Å²) in [6, 6.07) is 0. The second-order valence-electron chi connectivity index (χ2n) is 21.1. The second kappa shape index (κ2) is 35.5. The van der Waals surface area contributed by atoms with Gasteiger partial charge in [0.05, 0.1) is 26.4 Å². The molecule has 430 valence electrons. The minimum atomic E-state index is -3.32. The Labute approximate surface area is 439 Å². The van der Waals surface area contributed by atoms with Gasteiger partial charge >= 0.3 is 29.8 Å². The van der Waals surface area contributed by atoms with Crippen LogP contribution in [0.5, 0.6) is 0 Å². The van der Waals surface area contributed by atoms with Gasteiger partial charge < -0.3 is 43.0 Å². The first-order chi connectivity index (χ1) is 35.3. The van der Waals surface area contributed by atoms with Crippen molar-refractivity contribution in [2.45, 2.75) is 275 Å². The average Bonchev–Trinajstić information content (AvgIpc) is 3.86. The van der Waals surface area contributed by atoms with Gasteiger partial charge in [0, 0.05) is 83.8 Å². The van der Waals surface area contributed by atoms with Crippen LogP contribution in [0, 0.1) is 23.7 Å². The second-order valence-corrected chi connectivity index (χ2v) is 21.1. The van der Waals surface area contributed by atoms with E-state index in [9.17, 15) is 46.6 Å². The molecule has 14 nitrogen and oxygen atoms in total. The molecule has 0 bridgehead atoms. The van der Waals surface area contributed by atoms with Crippen LogP contribution in [0.2, 0.25) is 0 Å². The summed E-state index contributed by atoms with van der Waals surface area (Å²) in [5.41, 5.74) is 0. The molecule has 4 fully saturated rings. The molecule has 0 aromatic heterocycles. The number of hydrogen-bond acceptors (Lipinski definition) is 14. The van der Waals surface area contributed by atoms with Crippen LogP contribution < -0.4 is 0 Å². The number of esters is 4. The number of carbonyl (C=O) groups is 5. The van der Waals surface area contributed by atoms with E-state index < -0.39 is 30.2 Å². The molecule has 4 aliphatic rings. The van der Waals surface area contributed by atoms with E-state index in [0.717, 1.165) is 103 Å². The van der Waals surface area contributed by atoms with Crippen LogP contribution in [-0.4, -0.2) is 117 Å². The van der Waals surface area contributed by atoms with Crippen molar-refractivity contribution >= 4 is 29.7 Å². The molecule has 11 atom stereocenters. The van der Waals surface area contributed by atoms with Gasteiger partial charge in [-0.05, 0) is 108 Å². The molecule has 74 heavy (non-hydrogen) atoms. The fourth-order valence-electron chi connectivity index (χ4n) is 11.3. The van der Waals surface area contributed by atoms with Crippen molar-refractivity contribution in [3.8, 4) is 0 Å². The largest absolute Gasteiger partial charge is 0.469 e. The Morgan fingerprint density at radius 2 is 0.986 bits per heavy atom. The number of aliphatic hydroxyl groups excluding tert-OH is 1. The first-order valence-corrected chi connectivity index (χ1v) is 28.3. The van der Waals surface area contributed by atoms with Gasteiger partial charge in [-0.3, -0.25) is 24.0 Å². The molecular weight excluding hydrogens is 973 g/mol. The predicted octanol–water partition coefficient (Wildman–Crippen LogP) is 12.1. The number of methoxy groups -OCH3 is 2. The summed E-state index contributed by atoms with van der Waals surface area (Å²) in [5, 5.41) is 10.4. The summed E-state index contributed by atoms with van der Waals surface area (Å²) < 4.78 is 103. The molecule has 2 saturated heterocycles. The van der Waals surface area contributed by atoms with Crippen LogP contribution in [0.4, 0.5) is 17.6 Å². The fraction of sp³-hybridized carbons (Fsp3) is 0.911. The van der Waals surface area contributed by atoms with Gasteiger partial charge in [-0.15, -0.1) is 0 Å². The summed E-state index contributed by atoms with van der Waals surface area (Å²) in [4.78, 5) is 58.9. The molecule has 0 aromatic carbocycles. The first kappa shape index (κ1) is 65.4. The lowest BCUT2D eigenvalue weighted by Crippen LogP contribution is -2.36. The van der Waals surface area contributed by atoms with Crippen molar-refractivity contribution in [2.75, 3.05) is 27.4 Å². The predicted molar refractivity (Wildman–Crippen MR) is 269 cm³/mol. The van der Waals surface area contributed by atoms with Crippen LogP contribution in [0.15, 0.2) is 0 Å². The van der Waals surface area contributed by atoms with Gasteiger partial charge in [0.1, 0.15) is 18.3 Å². The molecule has 18 heteroatoms. The number of aliphatic hydroxyl groups is 1. The van der Waals surface area contributed by atoms with E-state index >= 15 is 0 Å². The minimum absolute atomic E-state index is 0.0326. The van der Waals surface area contributed by atoms with E-state index in [2.05, 4.69) is 9.47 Å². The lowest BCUT2D eigenvalue weighted by atomic mass is 9.84. The molecule has 3 unspecified atom stereocenters. The molecule has 0 radical (unpaired) electrons. The van der Waals surface area contributed by atoms with Crippen molar-refractivity contribution in [3.63, 3.8) is 0 Å². The topological polar surface area (TPSA) is 179 Å². The normalized spacial score (nSPS) is 26.6. The van der Waals surface area contributed by atoms with Gasteiger partial charge in [0.25, 0.3) is 5.92 Å². The molecule has 0 spiro atoms. The Hall–Kier alpha value is -2.93. The Kier molecular flexibility index (Phi) is 31.3. The molecule has 1 N–H and O–H groups in total. The quantitative estimate of drug-likeness (QED) is 0.0278. The smallest absolute Gasteiger partial charge is 0.305 e. The number of Topliss-reactive ketones (excluding diaryl/α,β-unsaturated/α-hetero) is 1. The highest BCUT2D eigenvalue weighted by atomic mass is 19.3. The van der Waals surface area contributed by atoms with Crippen LogP contribution >= 0.6 is 0 Å². The molecular formula is C56H94F4O14. The fourth-order valence-corrected chi connectivity index (χ4v) is 11.3. The van der Waals surface area contributed by atoms with Crippen LogP contribution in [-0.2, 0) is 61.9 Å². The van der Waals surface area contributed by atoms with E-state index in [1.807, 2.05) is 13.8 Å². The van der Waals surface area contributed by atoms with E-state index in [0.29, 0.717) is 71.0 Å². The number of ketones is 1. The van der Waals surface area contributed by atoms with Crippen molar-refractivity contribution in [3.05, 3.63) is 0 Å². The van der Waals surface area contributed by atoms with E-state index in [4.69, 9.17) is 28.4 Å². The highest BCUT2D eigenvalue weighted by molar-refractivity contribution is 5.85. The molecule has 2 aliphatic carbocycles. The van der Waals surface area contributed by atoms with Gasteiger partial charge in [-0.1, -0.05) is 65.2 Å². The lowest BCUT2D eigenvalue weighted by Gasteiger charge is -2.32. The maximum absolute atomic E-state index is 14.5. The summed E-state index contributed by atoms with van der Waals surface area (Å²) in [7, 11) is 2.75. The first-order valence-electron chi connectivity index (χ1n) is 28.3. The maximum Gasteiger partial charge on any atom is 0.305 e. The summed E-state index contributed by atoms with van der Waals surface area (Å²) >= 11 is 0. The minimum Gasteiger partial charge on any atom is -0.469 e. The molecule has 2 aliphatic heterocycles. The molecule has 2 heterocycles. The van der Waals surface area contributed by atoms with Gasteiger partial charge in [0.15, 0.2) is 12.6 Å². The number of rotatable bonds is 34. The van der Waals surface area contributed by atoms with Crippen molar-refractivity contribution < 1.29 is 84.5 Å². The van der Waals surface area contributed by atoms with Crippen LogP contribution in [0.3, 0.4) is 0 Å². The Bertz CT molecular complexity index is 1610. The summed E-state index contributed by atoms with van der Waals surface area (Å²) in [6.45, 7) is 7.68. The number of unbranched alkanes of at least 4 members (excludes halogenated alkanes) is 8. The highest BCUT2D eigenvalue weighted by Crippen LogP contribution is 2.46. The third-order valence-electron chi connectivity index (χ3n) is 15.4. The monoisotopic (exact) mass is 1070 g/mol. The third kappa shape index (κ3) is 24.2. The van der Waals surface area contributed by atoms with Gasteiger partial charge in [0.2, 0.25) is 5.78 Å². The van der Waals surface area contributed by atoms with Crippen molar-refractivity contribution in [1.82, 2.24) is 0 Å². The number of carbonyl (C=O) groups excluding carboxylic acids is 5. The van der Waals surface area contributed by atoms with E-state index in [1.54, 1.807) is 0 Å². The standard InChI is InChI=1S/C28H48F2O7.C28H46F2O7/c2*1-4-5-17-28(29,30)25(32)16-15-22-21(12-8-6-7-9-13-26(33)34-3)23(36-20(2)31)19-24(22)37-27-14-10-11-18-35-27/h21-25,27,32H,4-19H2,1-3H3;21-24,27H,4-19H2,1-3H3/t21-,22-,23+,24-,25?,27?;21-,22-,23+,24-,27?/m11/s1. The van der Waals surface area contributed by atoms with E-state index in [1.165, 1.54) is 28.1 Å². The van der Waals surface area contributed by atoms with E-state index in [-0.39, 0.29) is 110 Å². The Balaban J connectivity index is 0.000000390. The summed E-state index contributed by atoms with van der Waals surface area (Å²) in [6.07, 6.45) is 13.2. The van der Waals surface area contributed by atoms with Gasteiger partial charge in [-0.25, -0.2) is 8.78 Å². The number of alkyl halides is 4. The molecule has 0 amide bonds. The lowest BCUT2D eigenvalue weighted by molar-refractivity contribution is -0.197. The zero-order valence-corrected chi connectivity index (χ0v) is 45.7. The third-order valence-corrected chi connectivity index (χ3v) is 15.4. The van der Waals surface area contributed by atoms with Crippen molar-refractivity contribution in [2.24, 2.45) is 23.7 Å².